The van der Waals surface area contributed by atoms with Crippen molar-refractivity contribution in [1.82, 2.24) is 0 Å². The monoisotopic (exact) mass is 401 g/mol. The fourth-order valence-electron chi connectivity index (χ4n) is 2.45. The van der Waals surface area contributed by atoms with Gasteiger partial charge in [-0.3, -0.25) is 0 Å². The van der Waals surface area contributed by atoms with E-state index in [4.69, 9.17) is 4.74 Å². The van der Waals surface area contributed by atoms with Crippen LogP contribution in [0.3, 0.4) is 0 Å². The number of hydrogen-bond donors (Lipinski definition) is 3. The summed E-state index contributed by atoms with van der Waals surface area (Å²) < 4.78 is 18.4. The van der Waals surface area contributed by atoms with Crippen LogP contribution in [0.2, 0.25) is 0 Å². The van der Waals surface area contributed by atoms with Crippen LogP contribution in [-0.4, -0.2) is 32.9 Å². The average Bonchev–Trinajstić information content (AvgIpc) is 2.93. The molecule has 3 rings (SSSR count). The number of carbonyl (C=O) groups is 1. The summed E-state index contributed by atoms with van der Waals surface area (Å²) >= 11 is 0.962. The van der Waals surface area contributed by atoms with Crippen molar-refractivity contribution in [2.45, 2.75) is 6.92 Å². The topological polar surface area (TPSA) is 99.4 Å². The standard InChI is InChI=1S/C20H16FNO5S/c1-2-27-20(26)17-18(25)16(9-11-8-14(23)6-7-15(11)24)28-19(17)22-13-5-3-4-12(21)10-13/h3-10,23-25H,2H2,1H3/b16-9+,22-19?. The summed E-state index contributed by atoms with van der Waals surface area (Å²) in [6.07, 6.45) is 1.41. The third-order valence-electron chi connectivity index (χ3n) is 3.71. The quantitative estimate of drug-likeness (QED) is 0.518. The lowest BCUT2D eigenvalue weighted by molar-refractivity contribution is -0.138. The maximum absolute atomic E-state index is 13.4. The molecule has 1 aliphatic rings. The Labute approximate surface area is 164 Å². The molecule has 6 nitrogen and oxygen atoms in total. The summed E-state index contributed by atoms with van der Waals surface area (Å²) in [6.45, 7) is 1.72. The lowest BCUT2D eigenvalue weighted by Crippen LogP contribution is -2.12. The van der Waals surface area contributed by atoms with Crippen molar-refractivity contribution in [3.63, 3.8) is 0 Å². The second kappa shape index (κ2) is 8.18. The molecule has 28 heavy (non-hydrogen) atoms. The molecule has 0 fully saturated rings. The van der Waals surface area contributed by atoms with Crippen LogP contribution >= 0.6 is 11.8 Å². The first kappa shape index (κ1) is 19.5. The van der Waals surface area contributed by atoms with Crippen molar-refractivity contribution >= 4 is 34.5 Å². The summed E-state index contributed by atoms with van der Waals surface area (Å²) in [4.78, 5) is 16.8. The first-order chi connectivity index (χ1) is 13.4. The molecular weight excluding hydrogens is 385 g/mol. The van der Waals surface area contributed by atoms with E-state index in [1.54, 1.807) is 13.0 Å². The van der Waals surface area contributed by atoms with Crippen LogP contribution in [0.15, 0.2) is 63.7 Å². The molecule has 8 heteroatoms. The zero-order valence-corrected chi connectivity index (χ0v) is 15.5. The Morgan fingerprint density at radius 3 is 2.71 bits per heavy atom. The van der Waals surface area contributed by atoms with Gasteiger partial charge in [-0.1, -0.05) is 17.8 Å². The van der Waals surface area contributed by atoms with Crippen LogP contribution in [0.25, 0.3) is 6.08 Å². The van der Waals surface area contributed by atoms with Gasteiger partial charge in [0.1, 0.15) is 33.7 Å². The second-order valence-electron chi connectivity index (χ2n) is 5.69. The number of aliphatic imine (C=N–C) groups is 1. The minimum atomic E-state index is -0.772. The van der Waals surface area contributed by atoms with Gasteiger partial charge in [0.2, 0.25) is 0 Å². The molecule has 2 aromatic carbocycles. The molecule has 0 spiro atoms. The highest BCUT2D eigenvalue weighted by atomic mass is 32.2. The van der Waals surface area contributed by atoms with Gasteiger partial charge in [-0.2, -0.15) is 0 Å². The third-order valence-corrected chi connectivity index (χ3v) is 4.73. The highest BCUT2D eigenvalue weighted by Crippen LogP contribution is 2.41. The van der Waals surface area contributed by atoms with E-state index in [0.717, 1.165) is 11.8 Å². The molecule has 144 valence electrons. The minimum Gasteiger partial charge on any atom is -0.508 e. The molecule has 0 saturated carbocycles. The molecule has 3 N–H and O–H groups in total. The van der Waals surface area contributed by atoms with Crippen molar-refractivity contribution in [2.24, 2.45) is 4.99 Å². The number of aliphatic hydroxyl groups is 1. The van der Waals surface area contributed by atoms with Gasteiger partial charge in [0.15, 0.2) is 0 Å². The number of benzene rings is 2. The first-order valence-corrected chi connectivity index (χ1v) is 9.07. The maximum atomic E-state index is 13.4. The first-order valence-electron chi connectivity index (χ1n) is 8.26. The van der Waals surface area contributed by atoms with Crippen molar-refractivity contribution in [3.05, 3.63) is 70.1 Å². The fourth-order valence-corrected chi connectivity index (χ4v) is 3.48. The molecule has 2 aromatic rings. The number of halogens is 1. The predicted molar refractivity (Wildman–Crippen MR) is 105 cm³/mol. The van der Waals surface area contributed by atoms with Gasteiger partial charge < -0.3 is 20.1 Å². The van der Waals surface area contributed by atoms with Crippen LogP contribution in [0.5, 0.6) is 11.5 Å². The summed E-state index contributed by atoms with van der Waals surface area (Å²) in [6, 6.07) is 9.41. The van der Waals surface area contributed by atoms with E-state index in [0.29, 0.717) is 0 Å². The Kier molecular flexibility index (Phi) is 5.70. The van der Waals surface area contributed by atoms with Crippen LogP contribution < -0.4 is 0 Å². The van der Waals surface area contributed by atoms with Crippen molar-refractivity contribution in [2.75, 3.05) is 6.61 Å². The SMILES string of the molecule is CCOC(=O)C1=C(O)/C(=C\c2cc(O)ccc2O)SC1=Nc1cccc(F)c1. The molecule has 1 aliphatic heterocycles. The number of phenolic OH excluding ortho intramolecular Hbond substituents is 2. The smallest absolute Gasteiger partial charge is 0.344 e. The molecule has 0 atom stereocenters. The molecule has 0 bridgehead atoms. The number of nitrogens with zero attached hydrogens (tertiary/aromatic N) is 1. The fraction of sp³-hybridized carbons (Fsp3) is 0.100. The highest BCUT2D eigenvalue weighted by molar-refractivity contribution is 8.18. The summed E-state index contributed by atoms with van der Waals surface area (Å²) in [5.41, 5.74) is 0.352. The molecule has 0 saturated heterocycles. The third kappa shape index (κ3) is 4.17. The van der Waals surface area contributed by atoms with Gasteiger partial charge in [0.05, 0.1) is 17.2 Å². The maximum Gasteiger partial charge on any atom is 0.344 e. The molecular formula is C20H16FNO5S. The Balaban J connectivity index is 2.08. The van der Waals surface area contributed by atoms with Crippen molar-refractivity contribution in [3.8, 4) is 11.5 Å². The van der Waals surface area contributed by atoms with E-state index in [-0.39, 0.29) is 50.6 Å². The van der Waals surface area contributed by atoms with Gasteiger partial charge in [0.25, 0.3) is 0 Å². The Bertz CT molecular complexity index is 1030. The minimum absolute atomic E-state index is 0.0737. The number of carbonyl (C=O) groups excluding carboxylic acids is 1. The number of aromatic hydroxyl groups is 2. The predicted octanol–water partition coefficient (Wildman–Crippen LogP) is 4.43. The summed E-state index contributed by atoms with van der Waals surface area (Å²) in [5.74, 6) is -1.83. The number of rotatable bonds is 4. The number of hydrogen-bond acceptors (Lipinski definition) is 7. The average molecular weight is 401 g/mol. The number of esters is 1. The molecule has 0 unspecified atom stereocenters. The van der Waals surface area contributed by atoms with Crippen molar-refractivity contribution < 1.29 is 29.2 Å². The molecule has 0 aliphatic carbocycles. The molecule has 0 aromatic heterocycles. The van der Waals surface area contributed by atoms with Gasteiger partial charge in [-0.15, -0.1) is 0 Å². The second-order valence-corrected chi connectivity index (χ2v) is 6.73. The van der Waals surface area contributed by atoms with E-state index >= 15 is 0 Å². The zero-order valence-electron chi connectivity index (χ0n) is 14.7. The molecule has 0 amide bonds. The van der Waals surface area contributed by atoms with Gasteiger partial charge in [-0.05, 0) is 49.4 Å². The Hall–Kier alpha value is -3.26. The Morgan fingerprint density at radius 1 is 1.21 bits per heavy atom. The van der Waals surface area contributed by atoms with Gasteiger partial charge in [-0.25, -0.2) is 14.2 Å². The van der Waals surface area contributed by atoms with E-state index in [9.17, 15) is 24.5 Å². The lowest BCUT2D eigenvalue weighted by Gasteiger charge is -2.03. The van der Waals surface area contributed by atoms with Crippen LogP contribution in [0, 0.1) is 5.82 Å². The van der Waals surface area contributed by atoms with Crippen LogP contribution in [0.1, 0.15) is 12.5 Å². The number of thioether (sulfide) groups is 1. The van der Waals surface area contributed by atoms with Gasteiger partial charge >= 0.3 is 5.97 Å². The number of phenols is 2. The van der Waals surface area contributed by atoms with Crippen LogP contribution in [-0.2, 0) is 9.53 Å². The normalized spacial score (nSPS) is 16.8. The Morgan fingerprint density at radius 2 is 2.00 bits per heavy atom. The zero-order chi connectivity index (χ0) is 20.3. The highest BCUT2D eigenvalue weighted by Gasteiger charge is 2.33. The van der Waals surface area contributed by atoms with Crippen LogP contribution in [0.4, 0.5) is 10.1 Å². The summed E-state index contributed by atoms with van der Waals surface area (Å²) in [5, 5.41) is 30.2. The van der Waals surface area contributed by atoms with E-state index in [1.807, 2.05) is 0 Å². The van der Waals surface area contributed by atoms with Crippen molar-refractivity contribution in [1.29, 1.82) is 0 Å². The van der Waals surface area contributed by atoms with E-state index in [1.165, 1.54) is 42.5 Å². The lowest BCUT2D eigenvalue weighted by atomic mass is 10.1. The van der Waals surface area contributed by atoms with Gasteiger partial charge in [0, 0.05) is 5.56 Å². The number of aliphatic hydroxyl groups excluding tert-OH is 1. The molecule has 1 heterocycles. The van der Waals surface area contributed by atoms with E-state index < -0.39 is 11.8 Å². The summed E-state index contributed by atoms with van der Waals surface area (Å²) in [7, 11) is 0. The number of ether oxygens (including phenoxy) is 1. The molecule has 0 radical (unpaired) electrons. The largest absolute Gasteiger partial charge is 0.508 e. The van der Waals surface area contributed by atoms with E-state index in [2.05, 4.69) is 4.99 Å².